The summed E-state index contributed by atoms with van der Waals surface area (Å²) >= 11 is 1.55. The van der Waals surface area contributed by atoms with Crippen LogP contribution in [-0.4, -0.2) is 29.8 Å². The molecule has 1 fully saturated rings. The summed E-state index contributed by atoms with van der Waals surface area (Å²) in [5, 5.41) is 18.3. The number of para-hydroxylation sites is 1. The second-order valence-corrected chi connectivity index (χ2v) is 7.58. The summed E-state index contributed by atoms with van der Waals surface area (Å²) in [7, 11) is 0. The molecule has 0 aliphatic heterocycles. The van der Waals surface area contributed by atoms with Gasteiger partial charge in [-0.15, -0.1) is 10.2 Å². The molecular formula is C20H17FN6S. The molecule has 0 spiro atoms. The molecule has 140 valence electrons. The van der Waals surface area contributed by atoms with Gasteiger partial charge in [-0.3, -0.25) is 4.57 Å². The van der Waals surface area contributed by atoms with Crippen molar-refractivity contribution in [3.05, 3.63) is 72.3 Å². The molecule has 2 aromatic heterocycles. The molecule has 8 heteroatoms. The minimum absolute atomic E-state index is 0.279. The van der Waals surface area contributed by atoms with Gasteiger partial charge in [0.15, 0.2) is 11.0 Å². The van der Waals surface area contributed by atoms with Gasteiger partial charge < -0.3 is 0 Å². The summed E-state index contributed by atoms with van der Waals surface area (Å²) in [5.41, 5.74) is 2.26. The molecule has 0 bridgehead atoms. The lowest BCUT2D eigenvalue weighted by atomic mass is 10.2. The summed E-state index contributed by atoms with van der Waals surface area (Å²) < 4.78 is 16.3. The zero-order valence-electron chi connectivity index (χ0n) is 14.9. The highest BCUT2D eigenvalue weighted by atomic mass is 32.2. The highest BCUT2D eigenvalue weighted by Crippen LogP contribution is 2.41. The van der Waals surface area contributed by atoms with Crippen molar-refractivity contribution in [3.8, 4) is 17.1 Å². The van der Waals surface area contributed by atoms with E-state index in [0.29, 0.717) is 23.2 Å². The van der Waals surface area contributed by atoms with Gasteiger partial charge in [0.1, 0.15) is 5.82 Å². The number of rotatable bonds is 6. The summed E-state index contributed by atoms with van der Waals surface area (Å²) in [6, 6.07) is 16.8. The Bertz CT molecular complexity index is 1100. The fourth-order valence-electron chi connectivity index (χ4n) is 3.05. The van der Waals surface area contributed by atoms with Crippen LogP contribution in [-0.2, 0) is 5.75 Å². The Kier molecular flexibility index (Phi) is 4.40. The first kappa shape index (κ1) is 17.1. The van der Waals surface area contributed by atoms with Gasteiger partial charge in [-0.1, -0.05) is 42.1 Å². The second kappa shape index (κ2) is 7.20. The first-order valence-corrected chi connectivity index (χ1v) is 10.1. The van der Waals surface area contributed by atoms with E-state index in [1.165, 1.54) is 6.07 Å². The van der Waals surface area contributed by atoms with Gasteiger partial charge in [-0.25, -0.2) is 4.39 Å². The van der Waals surface area contributed by atoms with Gasteiger partial charge in [0, 0.05) is 11.8 Å². The van der Waals surface area contributed by atoms with Gasteiger partial charge >= 0.3 is 0 Å². The fourth-order valence-corrected chi connectivity index (χ4v) is 3.93. The Balaban J connectivity index is 1.38. The largest absolute Gasteiger partial charge is 0.299 e. The Morgan fingerprint density at radius 3 is 2.57 bits per heavy atom. The Morgan fingerprint density at radius 1 is 1.00 bits per heavy atom. The Hall–Kier alpha value is -3.00. The van der Waals surface area contributed by atoms with Gasteiger partial charge in [0.2, 0.25) is 0 Å². The van der Waals surface area contributed by atoms with Crippen LogP contribution < -0.4 is 0 Å². The molecule has 5 rings (SSSR count). The van der Waals surface area contributed by atoms with Crippen LogP contribution >= 0.6 is 11.8 Å². The summed E-state index contributed by atoms with van der Waals surface area (Å²) in [6.07, 6.45) is 3.89. The predicted octanol–water partition coefficient (Wildman–Crippen LogP) is 4.29. The molecule has 1 saturated carbocycles. The molecule has 1 aliphatic carbocycles. The molecule has 1 aliphatic rings. The topological polar surface area (TPSA) is 61.4 Å². The van der Waals surface area contributed by atoms with E-state index < -0.39 is 0 Å². The Morgan fingerprint density at radius 2 is 1.79 bits per heavy atom. The third-order valence-electron chi connectivity index (χ3n) is 4.57. The molecule has 2 aromatic carbocycles. The quantitative estimate of drug-likeness (QED) is 0.458. The maximum atomic E-state index is 14.3. The SMILES string of the molecule is Fc1ccccc1-c1nnc(SCc2cnn(-c3ccccc3)n2)n1C1CC1. The summed E-state index contributed by atoms with van der Waals surface area (Å²) in [5.74, 6) is 0.935. The lowest BCUT2D eigenvalue weighted by molar-refractivity contribution is 0.622. The maximum Gasteiger partial charge on any atom is 0.192 e. The zero-order chi connectivity index (χ0) is 18.9. The van der Waals surface area contributed by atoms with Crippen molar-refractivity contribution in [2.45, 2.75) is 29.8 Å². The van der Waals surface area contributed by atoms with E-state index in [0.717, 1.165) is 29.4 Å². The fraction of sp³-hybridized carbons (Fsp3) is 0.200. The molecule has 0 saturated heterocycles. The highest BCUT2D eigenvalue weighted by Gasteiger charge is 2.31. The average molecular weight is 392 g/mol. The minimum Gasteiger partial charge on any atom is -0.299 e. The molecule has 6 nitrogen and oxygen atoms in total. The average Bonchev–Trinajstić information content (AvgIpc) is 3.30. The van der Waals surface area contributed by atoms with Crippen molar-refractivity contribution in [3.63, 3.8) is 0 Å². The molecule has 2 heterocycles. The van der Waals surface area contributed by atoms with E-state index in [4.69, 9.17) is 0 Å². The second-order valence-electron chi connectivity index (χ2n) is 6.64. The molecule has 0 radical (unpaired) electrons. The van der Waals surface area contributed by atoms with Crippen molar-refractivity contribution < 1.29 is 4.39 Å². The molecular weight excluding hydrogens is 375 g/mol. The van der Waals surface area contributed by atoms with Crippen LogP contribution in [0, 0.1) is 5.82 Å². The molecule has 0 atom stereocenters. The van der Waals surface area contributed by atoms with E-state index in [-0.39, 0.29) is 5.82 Å². The number of hydrogen-bond acceptors (Lipinski definition) is 5. The van der Waals surface area contributed by atoms with E-state index in [1.54, 1.807) is 34.9 Å². The number of aromatic nitrogens is 6. The molecule has 0 N–H and O–H groups in total. The third-order valence-corrected chi connectivity index (χ3v) is 5.54. The normalized spacial score (nSPS) is 13.8. The molecule has 0 amide bonds. The Labute approximate surface area is 165 Å². The van der Waals surface area contributed by atoms with Crippen molar-refractivity contribution in [2.24, 2.45) is 0 Å². The van der Waals surface area contributed by atoms with Crippen LogP contribution in [0.15, 0.2) is 66.0 Å². The first-order chi connectivity index (χ1) is 13.8. The lowest BCUT2D eigenvalue weighted by Crippen LogP contribution is -2.01. The standard InChI is InChI=1S/C20H17FN6S/c21-18-9-5-4-8-17(18)19-23-24-20(26(19)15-10-11-15)28-13-14-12-22-27(25-14)16-6-2-1-3-7-16/h1-9,12,15H,10-11,13H2. The van der Waals surface area contributed by atoms with Crippen molar-refractivity contribution in [1.29, 1.82) is 0 Å². The number of benzene rings is 2. The van der Waals surface area contributed by atoms with Crippen LogP contribution in [0.2, 0.25) is 0 Å². The monoisotopic (exact) mass is 392 g/mol. The maximum absolute atomic E-state index is 14.3. The van der Waals surface area contributed by atoms with E-state index in [9.17, 15) is 4.39 Å². The van der Waals surface area contributed by atoms with Crippen LogP contribution in [0.5, 0.6) is 0 Å². The van der Waals surface area contributed by atoms with E-state index in [1.807, 2.05) is 36.4 Å². The first-order valence-electron chi connectivity index (χ1n) is 9.09. The van der Waals surface area contributed by atoms with Gasteiger partial charge in [-0.05, 0) is 37.1 Å². The predicted molar refractivity (Wildman–Crippen MR) is 105 cm³/mol. The van der Waals surface area contributed by atoms with Crippen molar-refractivity contribution in [1.82, 2.24) is 29.8 Å². The van der Waals surface area contributed by atoms with Crippen LogP contribution in [0.25, 0.3) is 17.1 Å². The number of halogens is 1. The smallest absolute Gasteiger partial charge is 0.192 e. The van der Waals surface area contributed by atoms with E-state index in [2.05, 4.69) is 25.0 Å². The summed E-state index contributed by atoms with van der Waals surface area (Å²) in [6.45, 7) is 0. The van der Waals surface area contributed by atoms with Crippen molar-refractivity contribution in [2.75, 3.05) is 0 Å². The molecule has 4 aromatic rings. The number of hydrogen-bond donors (Lipinski definition) is 0. The van der Waals surface area contributed by atoms with E-state index >= 15 is 0 Å². The number of thioether (sulfide) groups is 1. The van der Waals surface area contributed by atoms with Gasteiger partial charge in [-0.2, -0.15) is 15.0 Å². The van der Waals surface area contributed by atoms with Crippen LogP contribution in [0.1, 0.15) is 24.6 Å². The highest BCUT2D eigenvalue weighted by molar-refractivity contribution is 7.98. The number of nitrogens with zero attached hydrogens (tertiary/aromatic N) is 6. The van der Waals surface area contributed by atoms with Crippen LogP contribution in [0.3, 0.4) is 0 Å². The molecule has 0 unspecified atom stereocenters. The van der Waals surface area contributed by atoms with Gasteiger partial charge in [0.25, 0.3) is 0 Å². The molecule has 28 heavy (non-hydrogen) atoms. The third kappa shape index (κ3) is 3.31. The minimum atomic E-state index is -0.279. The van der Waals surface area contributed by atoms with Crippen molar-refractivity contribution >= 4 is 11.8 Å². The lowest BCUT2D eigenvalue weighted by Gasteiger charge is -2.08. The van der Waals surface area contributed by atoms with Crippen LogP contribution in [0.4, 0.5) is 4.39 Å². The van der Waals surface area contributed by atoms with Gasteiger partial charge in [0.05, 0.1) is 23.1 Å². The zero-order valence-corrected chi connectivity index (χ0v) is 15.8. The summed E-state index contributed by atoms with van der Waals surface area (Å²) in [4.78, 5) is 1.62.